The van der Waals surface area contributed by atoms with Crippen molar-refractivity contribution in [3.05, 3.63) is 54.1 Å². The minimum atomic E-state index is -0.867. The van der Waals surface area contributed by atoms with E-state index >= 15 is 0 Å². The molecule has 1 aliphatic rings. The molecule has 2 aromatic carbocycles. The maximum absolute atomic E-state index is 14.1. The fourth-order valence-electron chi connectivity index (χ4n) is 4.46. The summed E-state index contributed by atoms with van der Waals surface area (Å²) >= 11 is 0. The molecule has 3 aromatic rings. The molecule has 1 atom stereocenters. The first-order valence-electron chi connectivity index (χ1n) is 11.1. The summed E-state index contributed by atoms with van der Waals surface area (Å²) in [6, 6.07) is 15.9. The third kappa shape index (κ3) is 3.44. The zero-order valence-electron chi connectivity index (χ0n) is 19.6. The highest BCUT2D eigenvalue weighted by Crippen LogP contribution is 2.43. The first-order valence-corrected chi connectivity index (χ1v) is 11.1. The summed E-state index contributed by atoms with van der Waals surface area (Å²) in [5, 5.41) is 8.75. The number of rotatable bonds is 4. The number of Topliss-reactive ketones (excluding diaryl/α,β-unsaturated/α-hetero) is 1. The number of fused-ring (bicyclic) bond motifs is 5. The van der Waals surface area contributed by atoms with Crippen molar-refractivity contribution >= 4 is 17.4 Å². The van der Waals surface area contributed by atoms with Gasteiger partial charge in [-0.25, -0.2) is 4.68 Å². The van der Waals surface area contributed by atoms with E-state index in [9.17, 15) is 9.59 Å². The SMILES string of the molecule is CC(C)C(=O)C(C)C(C)(C)C(=O)N1Cc2ccccc2-c2c(nnn2C)-c2ccccc21. The summed E-state index contributed by atoms with van der Waals surface area (Å²) in [7, 11) is 1.89. The number of carbonyl (C=O) groups is 2. The standard InChI is InChI=1S/C26H30N4O2/c1-16(2)24(31)17(3)26(4,5)25(32)30-15-18-11-7-8-12-19(18)23-22(27-28-29(23)6)20-13-9-10-14-21(20)30/h7-14,16-17H,15H2,1-6H3. The third-order valence-corrected chi connectivity index (χ3v) is 6.75. The van der Waals surface area contributed by atoms with Crippen LogP contribution in [0.1, 0.15) is 40.2 Å². The number of amides is 1. The fourth-order valence-corrected chi connectivity index (χ4v) is 4.46. The molecule has 1 aliphatic heterocycles. The van der Waals surface area contributed by atoms with E-state index in [1.807, 2.05) is 95.1 Å². The lowest BCUT2D eigenvalue weighted by atomic mass is 9.73. The van der Waals surface area contributed by atoms with Crippen molar-refractivity contribution in [2.45, 2.75) is 41.2 Å². The summed E-state index contributed by atoms with van der Waals surface area (Å²) < 4.78 is 1.79. The van der Waals surface area contributed by atoms with Gasteiger partial charge in [-0.2, -0.15) is 0 Å². The van der Waals surface area contributed by atoms with Crippen LogP contribution in [-0.2, 0) is 23.2 Å². The molecule has 166 valence electrons. The Bertz CT molecular complexity index is 1190. The van der Waals surface area contributed by atoms with Crippen LogP contribution < -0.4 is 4.90 Å². The number of anilines is 1. The molecule has 0 aliphatic carbocycles. The van der Waals surface area contributed by atoms with E-state index in [2.05, 4.69) is 10.3 Å². The first kappa shape index (κ1) is 21.9. The molecule has 6 nitrogen and oxygen atoms in total. The number of hydrogen-bond acceptors (Lipinski definition) is 4. The molecule has 4 rings (SSSR count). The summed E-state index contributed by atoms with van der Waals surface area (Å²) in [4.78, 5) is 28.7. The maximum atomic E-state index is 14.1. The molecule has 0 radical (unpaired) electrons. The summed E-state index contributed by atoms with van der Waals surface area (Å²) in [5.74, 6) is -0.511. The molecule has 1 unspecified atom stereocenters. The minimum absolute atomic E-state index is 0.0754. The lowest BCUT2D eigenvalue weighted by molar-refractivity contribution is -0.138. The maximum Gasteiger partial charge on any atom is 0.233 e. The zero-order chi connectivity index (χ0) is 23.2. The smallest absolute Gasteiger partial charge is 0.233 e. The molecular formula is C26H30N4O2. The number of nitrogens with zero attached hydrogens (tertiary/aromatic N) is 4. The van der Waals surface area contributed by atoms with Crippen LogP contribution in [0.4, 0.5) is 5.69 Å². The molecule has 1 aromatic heterocycles. The second-order valence-electron chi connectivity index (χ2n) is 9.48. The monoisotopic (exact) mass is 430 g/mol. The highest BCUT2D eigenvalue weighted by atomic mass is 16.2. The summed E-state index contributed by atoms with van der Waals surface area (Å²) in [6.45, 7) is 9.80. The number of para-hydroxylation sites is 1. The molecule has 0 fully saturated rings. The van der Waals surface area contributed by atoms with Crippen molar-refractivity contribution in [1.82, 2.24) is 15.0 Å². The van der Waals surface area contributed by atoms with E-state index in [1.54, 1.807) is 4.68 Å². The van der Waals surface area contributed by atoms with Crippen LogP contribution in [0.15, 0.2) is 48.5 Å². The highest BCUT2D eigenvalue weighted by molar-refractivity contribution is 6.04. The molecule has 0 N–H and O–H groups in total. The molecule has 0 spiro atoms. The highest BCUT2D eigenvalue weighted by Gasteiger charge is 2.42. The Morgan fingerprint density at radius 1 is 0.969 bits per heavy atom. The van der Waals surface area contributed by atoms with E-state index in [0.717, 1.165) is 33.8 Å². The molecule has 6 heteroatoms. The summed E-state index contributed by atoms with van der Waals surface area (Å²) in [5.41, 5.74) is 4.48. The Labute approximate surface area is 189 Å². The predicted molar refractivity (Wildman–Crippen MR) is 126 cm³/mol. The van der Waals surface area contributed by atoms with Gasteiger partial charge in [-0.3, -0.25) is 9.59 Å². The Kier molecular flexibility index (Phi) is 5.49. The topological polar surface area (TPSA) is 68.1 Å². The largest absolute Gasteiger partial charge is 0.307 e. The van der Waals surface area contributed by atoms with Gasteiger partial charge in [-0.15, -0.1) is 5.10 Å². The van der Waals surface area contributed by atoms with E-state index in [1.165, 1.54) is 0 Å². The number of benzene rings is 2. The number of ketones is 1. The lowest BCUT2D eigenvalue weighted by Crippen LogP contribution is -2.47. The van der Waals surface area contributed by atoms with Gasteiger partial charge in [0.25, 0.3) is 0 Å². The van der Waals surface area contributed by atoms with E-state index in [4.69, 9.17) is 0 Å². The van der Waals surface area contributed by atoms with Crippen molar-refractivity contribution < 1.29 is 9.59 Å². The van der Waals surface area contributed by atoms with Gasteiger partial charge in [0.15, 0.2) is 0 Å². The van der Waals surface area contributed by atoms with Crippen LogP contribution in [0, 0.1) is 17.3 Å². The van der Waals surface area contributed by atoms with E-state index in [-0.39, 0.29) is 17.6 Å². The second kappa shape index (κ2) is 8.01. The van der Waals surface area contributed by atoms with Gasteiger partial charge >= 0.3 is 0 Å². The Balaban J connectivity index is 1.91. The number of aryl methyl sites for hydroxylation is 1. The van der Waals surface area contributed by atoms with Crippen LogP contribution >= 0.6 is 0 Å². The van der Waals surface area contributed by atoms with E-state index < -0.39 is 11.3 Å². The van der Waals surface area contributed by atoms with Crippen molar-refractivity contribution in [3.63, 3.8) is 0 Å². The van der Waals surface area contributed by atoms with Gasteiger partial charge in [0, 0.05) is 30.0 Å². The van der Waals surface area contributed by atoms with Crippen LogP contribution in [0.5, 0.6) is 0 Å². The van der Waals surface area contributed by atoms with Gasteiger partial charge < -0.3 is 4.90 Å². The predicted octanol–water partition coefficient (Wildman–Crippen LogP) is 4.88. The number of carbonyl (C=O) groups excluding carboxylic acids is 2. The van der Waals surface area contributed by atoms with Crippen LogP contribution in [0.25, 0.3) is 22.5 Å². The molecule has 1 amide bonds. The molecule has 32 heavy (non-hydrogen) atoms. The molecule has 0 saturated heterocycles. The average molecular weight is 431 g/mol. The zero-order valence-corrected chi connectivity index (χ0v) is 19.6. The fraction of sp³-hybridized carbons (Fsp3) is 0.385. The van der Waals surface area contributed by atoms with Crippen LogP contribution in [0.3, 0.4) is 0 Å². The Morgan fingerprint density at radius 3 is 2.28 bits per heavy atom. The van der Waals surface area contributed by atoms with Crippen LogP contribution in [-0.4, -0.2) is 26.7 Å². The molecular weight excluding hydrogens is 400 g/mol. The van der Waals surface area contributed by atoms with Gasteiger partial charge in [0.05, 0.1) is 23.3 Å². The number of aromatic nitrogens is 3. The normalized spacial score (nSPS) is 14.2. The first-order chi connectivity index (χ1) is 15.1. The third-order valence-electron chi connectivity index (χ3n) is 6.75. The lowest BCUT2D eigenvalue weighted by Gasteiger charge is -2.37. The second-order valence-corrected chi connectivity index (χ2v) is 9.48. The minimum Gasteiger partial charge on any atom is -0.307 e. The average Bonchev–Trinajstić information content (AvgIpc) is 3.15. The van der Waals surface area contributed by atoms with Gasteiger partial charge in [0.1, 0.15) is 11.5 Å². The van der Waals surface area contributed by atoms with Gasteiger partial charge in [0.2, 0.25) is 5.91 Å². The number of hydrogen-bond donors (Lipinski definition) is 0. The molecule has 0 saturated carbocycles. The van der Waals surface area contributed by atoms with Crippen molar-refractivity contribution in [2.24, 2.45) is 24.3 Å². The van der Waals surface area contributed by atoms with Crippen molar-refractivity contribution in [3.8, 4) is 22.5 Å². The van der Waals surface area contributed by atoms with Gasteiger partial charge in [-0.05, 0) is 11.6 Å². The Hall–Kier alpha value is -3.28. The van der Waals surface area contributed by atoms with E-state index in [0.29, 0.717) is 6.54 Å². The van der Waals surface area contributed by atoms with Crippen molar-refractivity contribution in [1.29, 1.82) is 0 Å². The molecule has 0 bridgehead atoms. The summed E-state index contributed by atoms with van der Waals surface area (Å²) in [6.07, 6.45) is 0. The van der Waals surface area contributed by atoms with Gasteiger partial charge in [-0.1, -0.05) is 82.3 Å². The Morgan fingerprint density at radius 2 is 1.59 bits per heavy atom. The molecule has 2 heterocycles. The van der Waals surface area contributed by atoms with Crippen LogP contribution in [0.2, 0.25) is 0 Å². The van der Waals surface area contributed by atoms with Crippen molar-refractivity contribution in [2.75, 3.05) is 4.90 Å². The quantitative estimate of drug-likeness (QED) is 0.591.